The molecule has 0 aromatic heterocycles. The number of hydrogen-bond acceptors (Lipinski definition) is 1. The summed E-state index contributed by atoms with van der Waals surface area (Å²) < 4.78 is 5.21. The van der Waals surface area contributed by atoms with E-state index in [2.05, 4.69) is 31.2 Å². The Balaban J connectivity index is 1.67. The Labute approximate surface area is 124 Å². The fourth-order valence-electron chi connectivity index (χ4n) is 3.46. The van der Waals surface area contributed by atoms with Crippen molar-refractivity contribution in [2.45, 2.75) is 64.7 Å². The van der Waals surface area contributed by atoms with E-state index in [4.69, 9.17) is 4.74 Å². The minimum atomic E-state index is 0.963. The number of rotatable bonds is 7. The summed E-state index contributed by atoms with van der Waals surface area (Å²) in [6.45, 7) is 2.31. The number of benzene rings is 1. The van der Waals surface area contributed by atoms with Crippen LogP contribution in [0, 0.1) is 11.8 Å². The average molecular weight is 274 g/mol. The second kappa shape index (κ2) is 8.34. The van der Waals surface area contributed by atoms with E-state index in [-0.39, 0.29) is 0 Å². The Morgan fingerprint density at radius 2 is 1.55 bits per heavy atom. The molecule has 1 saturated carbocycles. The lowest BCUT2D eigenvalue weighted by Gasteiger charge is -2.28. The van der Waals surface area contributed by atoms with Crippen LogP contribution < -0.4 is 4.74 Å². The van der Waals surface area contributed by atoms with Crippen LogP contribution in [0.4, 0.5) is 0 Å². The first-order valence-electron chi connectivity index (χ1n) is 8.44. The Kier molecular flexibility index (Phi) is 6.42. The van der Waals surface area contributed by atoms with E-state index in [0.29, 0.717) is 0 Å². The predicted octanol–water partition coefficient (Wildman–Crippen LogP) is 5.62. The third-order valence-electron chi connectivity index (χ3n) is 4.93. The van der Waals surface area contributed by atoms with Crippen LogP contribution in [-0.4, -0.2) is 7.11 Å². The lowest BCUT2D eigenvalue weighted by Crippen LogP contribution is -2.15. The lowest BCUT2D eigenvalue weighted by molar-refractivity contribution is 0.250. The molecular weight excluding hydrogens is 244 g/mol. The van der Waals surface area contributed by atoms with Gasteiger partial charge in [-0.1, -0.05) is 64.0 Å². The van der Waals surface area contributed by atoms with E-state index >= 15 is 0 Å². The number of unbranched alkanes of at least 4 members (excludes halogenated alkanes) is 1. The highest BCUT2D eigenvalue weighted by molar-refractivity contribution is 5.27. The van der Waals surface area contributed by atoms with Crippen molar-refractivity contribution in [1.82, 2.24) is 0 Å². The van der Waals surface area contributed by atoms with Crippen molar-refractivity contribution in [1.29, 1.82) is 0 Å². The van der Waals surface area contributed by atoms with Gasteiger partial charge in [-0.2, -0.15) is 0 Å². The molecule has 1 fully saturated rings. The molecule has 1 aromatic carbocycles. The van der Waals surface area contributed by atoms with Crippen LogP contribution in [0.15, 0.2) is 24.3 Å². The highest BCUT2D eigenvalue weighted by atomic mass is 16.5. The third kappa shape index (κ3) is 4.85. The zero-order chi connectivity index (χ0) is 14.2. The van der Waals surface area contributed by atoms with Gasteiger partial charge in [-0.05, 0) is 42.4 Å². The fraction of sp³-hybridized carbons (Fsp3) is 0.684. The van der Waals surface area contributed by atoms with E-state index in [1.807, 2.05) is 0 Å². The summed E-state index contributed by atoms with van der Waals surface area (Å²) in [7, 11) is 1.73. The molecule has 0 N–H and O–H groups in total. The quantitative estimate of drug-likeness (QED) is 0.626. The standard InChI is InChI=1S/C19H30O/c1-3-4-5-16-6-8-17(9-7-16)10-11-18-12-14-19(20-2)15-13-18/h12-17H,3-11H2,1-2H3. The first kappa shape index (κ1) is 15.4. The van der Waals surface area contributed by atoms with Gasteiger partial charge in [0.15, 0.2) is 0 Å². The topological polar surface area (TPSA) is 9.23 Å². The summed E-state index contributed by atoms with van der Waals surface area (Å²) in [5, 5.41) is 0. The molecule has 1 nitrogen and oxygen atoms in total. The van der Waals surface area contributed by atoms with Crippen LogP contribution in [0.3, 0.4) is 0 Å². The Bertz CT molecular complexity index is 360. The van der Waals surface area contributed by atoms with Gasteiger partial charge in [0.05, 0.1) is 7.11 Å². The zero-order valence-electron chi connectivity index (χ0n) is 13.2. The average Bonchev–Trinajstić information content (AvgIpc) is 2.52. The smallest absolute Gasteiger partial charge is 0.118 e. The molecule has 0 spiro atoms. The summed E-state index contributed by atoms with van der Waals surface area (Å²) >= 11 is 0. The van der Waals surface area contributed by atoms with E-state index in [1.54, 1.807) is 7.11 Å². The van der Waals surface area contributed by atoms with Crippen LogP contribution >= 0.6 is 0 Å². The maximum absolute atomic E-state index is 5.21. The van der Waals surface area contributed by atoms with Gasteiger partial charge in [0.2, 0.25) is 0 Å². The van der Waals surface area contributed by atoms with Gasteiger partial charge in [0, 0.05) is 0 Å². The minimum Gasteiger partial charge on any atom is -0.497 e. The molecule has 0 heterocycles. The van der Waals surface area contributed by atoms with Crippen LogP contribution in [0.2, 0.25) is 0 Å². The predicted molar refractivity (Wildman–Crippen MR) is 86.3 cm³/mol. The lowest BCUT2D eigenvalue weighted by atomic mass is 9.78. The second-order valence-corrected chi connectivity index (χ2v) is 6.42. The first-order chi connectivity index (χ1) is 9.81. The molecule has 0 bridgehead atoms. The van der Waals surface area contributed by atoms with Gasteiger partial charge in [0.1, 0.15) is 5.75 Å². The molecule has 1 heteroatoms. The van der Waals surface area contributed by atoms with Crippen molar-refractivity contribution in [2.75, 3.05) is 7.11 Å². The van der Waals surface area contributed by atoms with Crippen LogP contribution in [-0.2, 0) is 6.42 Å². The monoisotopic (exact) mass is 274 g/mol. The summed E-state index contributed by atoms with van der Waals surface area (Å²) in [6, 6.07) is 8.59. The number of hydrogen-bond donors (Lipinski definition) is 0. The highest BCUT2D eigenvalue weighted by Gasteiger charge is 2.20. The minimum absolute atomic E-state index is 0.963. The summed E-state index contributed by atoms with van der Waals surface area (Å²) in [6.07, 6.45) is 12.7. The molecule has 0 amide bonds. The Morgan fingerprint density at radius 3 is 2.10 bits per heavy atom. The van der Waals surface area contributed by atoms with Gasteiger partial charge < -0.3 is 4.74 Å². The molecule has 20 heavy (non-hydrogen) atoms. The van der Waals surface area contributed by atoms with Crippen LogP contribution in [0.25, 0.3) is 0 Å². The van der Waals surface area contributed by atoms with Crippen LogP contribution in [0.1, 0.15) is 63.9 Å². The van der Waals surface area contributed by atoms with Gasteiger partial charge in [-0.3, -0.25) is 0 Å². The molecule has 0 aliphatic heterocycles. The van der Waals surface area contributed by atoms with Crippen molar-refractivity contribution in [3.8, 4) is 5.75 Å². The first-order valence-corrected chi connectivity index (χ1v) is 8.44. The van der Waals surface area contributed by atoms with Crippen LogP contribution in [0.5, 0.6) is 5.75 Å². The zero-order valence-corrected chi connectivity index (χ0v) is 13.2. The van der Waals surface area contributed by atoms with Crippen molar-refractivity contribution in [3.05, 3.63) is 29.8 Å². The molecule has 2 rings (SSSR count). The third-order valence-corrected chi connectivity index (χ3v) is 4.93. The molecule has 112 valence electrons. The van der Waals surface area contributed by atoms with E-state index in [1.165, 1.54) is 63.4 Å². The molecular formula is C19H30O. The number of aryl methyl sites for hydroxylation is 1. The highest BCUT2D eigenvalue weighted by Crippen LogP contribution is 2.34. The number of methoxy groups -OCH3 is 1. The van der Waals surface area contributed by atoms with Gasteiger partial charge in [0.25, 0.3) is 0 Å². The van der Waals surface area contributed by atoms with E-state index < -0.39 is 0 Å². The second-order valence-electron chi connectivity index (χ2n) is 6.42. The molecule has 1 aliphatic carbocycles. The molecule has 1 aliphatic rings. The summed E-state index contributed by atoms with van der Waals surface area (Å²) in [4.78, 5) is 0. The van der Waals surface area contributed by atoms with Gasteiger partial charge >= 0.3 is 0 Å². The maximum Gasteiger partial charge on any atom is 0.118 e. The van der Waals surface area contributed by atoms with Gasteiger partial charge in [-0.15, -0.1) is 0 Å². The maximum atomic E-state index is 5.21. The van der Waals surface area contributed by atoms with E-state index in [9.17, 15) is 0 Å². The van der Waals surface area contributed by atoms with Crippen molar-refractivity contribution in [3.63, 3.8) is 0 Å². The largest absolute Gasteiger partial charge is 0.497 e. The number of ether oxygens (including phenoxy) is 1. The van der Waals surface area contributed by atoms with Crippen molar-refractivity contribution in [2.24, 2.45) is 11.8 Å². The molecule has 0 radical (unpaired) electrons. The fourth-order valence-corrected chi connectivity index (χ4v) is 3.46. The molecule has 0 saturated heterocycles. The molecule has 0 unspecified atom stereocenters. The van der Waals surface area contributed by atoms with Crippen molar-refractivity contribution >= 4 is 0 Å². The summed E-state index contributed by atoms with van der Waals surface area (Å²) in [5.41, 5.74) is 1.46. The van der Waals surface area contributed by atoms with Crippen molar-refractivity contribution < 1.29 is 4.74 Å². The summed E-state index contributed by atoms with van der Waals surface area (Å²) in [5.74, 6) is 2.97. The Morgan fingerprint density at radius 1 is 0.950 bits per heavy atom. The van der Waals surface area contributed by atoms with E-state index in [0.717, 1.165) is 17.6 Å². The molecule has 0 atom stereocenters. The van der Waals surface area contributed by atoms with Gasteiger partial charge in [-0.25, -0.2) is 0 Å². The normalized spacial score (nSPS) is 22.7. The SMILES string of the molecule is CCCCC1CCC(CCc2ccc(OC)cc2)CC1. The molecule has 1 aromatic rings. The Hall–Kier alpha value is -0.980.